The largest absolute Gasteiger partial charge is 0.345 e. The quantitative estimate of drug-likeness (QED) is 0.600. The Morgan fingerprint density at radius 1 is 1.80 bits per heavy atom. The van der Waals surface area contributed by atoms with E-state index in [1.54, 1.807) is 0 Å². The summed E-state index contributed by atoms with van der Waals surface area (Å²) in [4.78, 5) is 16.3. The average molecular weight is 228 g/mol. The third kappa shape index (κ3) is 2.24. The maximum Gasteiger partial charge on any atom is 0.345 e. The van der Waals surface area contributed by atoms with Crippen molar-refractivity contribution in [2.75, 3.05) is 24.5 Å². The first-order valence-corrected chi connectivity index (χ1v) is 5.57. The highest BCUT2D eigenvalue weighted by molar-refractivity contribution is 7.18. The molecule has 0 spiro atoms. The lowest BCUT2D eigenvalue weighted by molar-refractivity contribution is -0.380. The van der Waals surface area contributed by atoms with Crippen LogP contribution >= 0.6 is 11.3 Å². The van der Waals surface area contributed by atoms with Gasteiger partial charge in [-0.15, -0.1) is 0 Å². The summed E-state index contributed by atoms with van der Waals surface area (Å²) in [6, 6.07) is 0.404. The van der Waals surface area contributed by atoms with Crippen LogP contribution in [0.1, 0.15) is 6.92 Å². The van der Waals surface area contributed by atoms with Gasteiger partial charge < -0.3 is 10.2 Å². The first-order chi connectivity index (χ1) is 7.16. The number of nitrogens with one attached hydrogen (secondary N) is 1. The highest BCUT2D eigenvalue weighted by atomic mass is 32.1. The maximum atomic E-state index is 10.5. The number of nitrogens with zero attached hydrogens (tertiary/aromatic N) is 3. The molecule has 1 aliphatic heterocycles. The molecule has 0 saturated carbocycles. The van der Waals surface area contributed by atoms with Crippen LogP contribution in [0.5, 0.6) is 0 Å². The smallest absolute Gasteiger partial charge is 0.345 e. The van der Waals surface area contributed by atoms with Crippen molar-refractivity contribution in [3.8, 4) is 0 Å². The van der Waals surface area contributed by atoms with E-state index in [1.807, 2.05) is 0 Å². The first-order valence-electron chi connectivity index (χ1n) is 4.75. The molecule has 6 nitrogen and oxygen atoms in total. The van der Waals surface area contributed by atoms with Gasteiger partial charge in [-0.05, 0) is 18.3 Å². The molecule has 2 heterocycles. The van der Waals surface area contributed by atoms with Crippen molar-refractivity contribution in [2.24, 2.45) is 0 Å². The SMILES string of the molecule is C[C@H]1CN(c2ncc([N+](=O)[O-])s2)CCN1. The van der Waals surface area contributed by atoms with E-state index in [0.29, 0.717) is 6.04 Å². The molecule has 0 aliphatic carbocycles. The van der Waals surface area contributed by atoms with Crippen LogP contribution in [0.2, 0.25) is 0 Å². The fraction of sp³-hybridized carbons (Fsp3) is 0.625. The van der Waals surface area contributed by atoms with Gasteiger partial charge in [0.1, 0.15) is 6.20 Å². The molecule has 1 aromatic heterocycles. The van der Waals surface area contributed by atoms with Crippen molar-refractivity contribution in [2.45, 2.75) is 13.0 Å². The van der Waals surface area contributed by atoms with Crippen molar-refractivity contribution in [3.63, 3.8) is 0 Å². The lowest BCUT2D eigenvalue weighted by Gasteiger charge is -2.31. The Morgan fingerprint density at radius 2 is 2.60 bits per heavy atom. The second-order valence-electron chi connectivity index (χ2n) is 3.54. The number of aromatic nitrogens is 1. The lowest BCUT2D eigenvalue weighted by atomic mass is 10.2. The summed E-state index contributed by atoms with van der Waals surface area (Å²) >= 11 is 1.14. The summed E-state index contributed by atoms with van der Waals surface area (Å²) in [6.45, 7) is 4.70. The monoisotopic (exact) mass is 228 g/mol. The van der Waals surface area contributed by atoms with Gasteiger partial charge in [-0.3, -0.25) is 10.1 Å². The molecule has 0 unspecified atom stereocenters. The van der Waals surface area contributed by atoms with E-state index in [2.05, 4.69) is 22.1 Å². The highest BCUT2D eigenvalue weighted by Gasteiger charge is 2.21. The Labute approximate surface area is 91.1 Å². The number of piperazine rings is 1. The zero-order chi connectivity index (χ0) is 10.8. The van der Waals surface area contributed by atoms with Gasteiger partial charge in [0.25, 0.3) is 0 Å². The van der Waals surface area contributed by atoms with Crippen molar-refractivity contribution >= 4 is 21.5 Å². The van der Waals surface area contributed by atoms with Gasteiger partial charge in [-0.1, -0.05) is 0 Å². The van der Waals surface area contributed by atoms with Crippen LogP contribution in [0.25, 0.3) is 0 Å². The molecule has 1 saturated heterocycles. The van der Waals surface area contributed by atoms with Gasteiger partial charge in [0.2, 0.25) is 0 Å². The first kappa shape index (κ1) is 10.3. The van der Waals surface area contributed by atoms with Gasteiger partial charge in [0.05, 0.1) is 4.92 Å². The van der Waals surface area contributed by atoms with E-state index in [9.17, 15) is 10.1 Å². The molecule has 1 N–H and O–H groups in total. The van der Waals surface area contributed by atoms with E-state index in [0.717, 1.165) is 36.1 Å². The lowest BCUT2D eigenvalue weighted by Crippen LogP contribution is -2.49. The van der Waals surface area contributed by atoms with Gasteiger partial charge in [0.15, 0.2) is 5.13 Å². The molecule has 0 bridgehead atoms. The molecular formula is C8H12N4O2S. The maximum absolute atomic E-state index is 10.5. The standard InChI is InChI=1S/C8H12N4O2S/c1-6-5-11(3-2-9-6)8-10-4-7(15-8)12(13)14/h4,6,9H,2-3,5H2,1H3/t6-/m0/s1. The molecule has 0 aromatic carbocycles. The second kappa shape index (κ2) is 4.11. The third-order valence-electron chi connectivity index (χ3n) is 2.30. The molecule has 2 rings (SSSR count). The molecule has 1 atom stereocenters. The Bertz CT molecular complexity index is 367. The van der Waals surface area contributed by atoms with Crippen molar-refractivity contribution in [3.05, 3.63) is 16.3 Å². The fourth-order valence-corrected chi connectivity index (χ4v) is 2.36. The number of rotatable bonds is 2. The van der Waals surface area contributed by atoms with Crippen LogP contribution in [-0.2, 0) is 0 Å². The van der Waals surface area contributed by atoms with Gasteiger partial charge >= 0.3 is 5.00 Å². The second-order valence-corrected chi connectivity index (χ2v) is 4.53. The molecule has 0 radical (unpaired) electrons. The van der Waals surface area contributed by atoms with E-state index in [4.69, 9.17) is 0 Å². The zero-order valence-corrected chi connectivity index (χ0v) is 9.16. The number of hydrogen-bond donors (Lipinski definition) is 1. The minimum absolute atomic E-state index is 0.108. The molecule has 15 heavy (non-hydrogen) atoms. The van der Waals surface area contributed by atoms with Crippen LogP contribution in [-0.4, -0.2) is 35.6 Å². The fourth-order valence-electron chi connectivity index (χ4n) is 1.59. The average Bonchev–Trinajstić information content (AvgIpc) is 2.66. The van der Waals surface area contributed by atoms with Gasteiger partial charge in [-0.25, -0.2) is 4.98 Å². The minimum atomic E-state index is -0.396. The minimum Gasteiger partial charge on any atom is -0.345 e. The van der Waals surface area contributed by atoms with Crippen molar-refractivity contribution in [1.29, 1.82) is 0 Å². The number of anilines is 1. The molecule has 1 aromatic rings. The van der Waals surface area contributed by atoms with Gasteiger partial charge in [0, 0.05) is 25.7 Å². The van der Waals surface area contributed by atoms with E-state index < -0.39 is 4.92 Å². The molecular weight excluding hydrogens is 216 g/mol. The third-order valence-corrected chi connectivity index (χ3v) is 3.31. The van der Waals surface area contributed by atoms with E-state index in [-0.39, 0.29) is 5.00 Å². The van der Waals surface area contributed by atoms with Crippen LogP contribution < -0.4 is 10.2 Å². The van der Waals surface area contributed by atoms with Crippen LogP contribution in [0, 0.1) is 10.1 Å². The summed E-state index contributed by atoms with van der Waals surface area (Å²) in [5, 5.41) is 14.7. The molecule has 82 valence electrons. The highest BCUT2D eigenvalue weighted by Crippen LogP contribution is 2.28. The van der Waals surface area contributed by atoms with Crippen LogP contribution in [0.4, 0.5) is 10.1 Å². The molecule has 1 aliphatic rings. The molecule has 1 fully saturated rings. The summed E-state index contributed by atoms with van der Waals surface area (Å²) in [5.74, 6) is 0. The Morgan fingerprint density at radius 3 is 3.20 bits per heavy atom. The summed E-state index contributed by atoms with van der Waals surface area (Å²) < 4.78 is 0. The van der Waals surface area contributed by atoms with Crippen LogP contribution in [0.3, 0.4) is 0 Å². The van der Waals surface area contributed by atoms with Crippen LogP contribution in [0.15, 0.2) is 6.20 Å². The predicted molar refractivity (Wildman–Crippen MR) is 58.4 cm³/mol. The van der Waals surface area contributed by atoms with E-state index >= 15 is 0 Å². The van der Waals surface area contributed by atoms with Crippen molar-refractivity contribution in [1.82, 2.24) is 10.3 Å². The topological polar surface area (TPSA) is 71.3 Å². The molecule has 0 amide bonds. The predicted octanol–water partition coefficient (Wildman–Crippen LogP) is 0.849. The Hall–Kier alpha value is -1.21. The summed E-state index contributed by atoms with van der Waals surface area (Å²) in [7, 11) is 0. The number of thiazole rings is 1. The summed E-state index contributed by atoms with van der Waals surface area (Å²) in [6.07, 6.45) is 1.33. The molecule has 7 heteroatoms. The summed E-state index contributed by atoms with van der Waals surface area (Å²) in [5.41, 5.74) is 0. The Kier molecular flexibility index (Phi) is 2.83. The van der Waals surface area contributed by atoms with Crippen molar-refractivity contribution < 1.29 is 4.92 Å². The zero-order valence-electron chi connectivity index (χ0n) is 8.34. The van der Waals surface area contributed by atoms with E-state index in [1.165, 1.54) is 6.20 Å². The Balaban J connectivity index is 2.11. The number of hydrogen-bond acceptors (Lipinski definition) is 6. The number of nitro groups is 1. The normalized spacial score (nSPS) is 21.7. The van der Waals surface area contributed by atoms with Gasteiger partial charge in [-0.2, -0.15) is 0 Å².